The number of methoxy groups -OCH3 is 1. The second-order valence-corrected chi connectivity index (χ2v) is 4.79. The first-order valence-electron chi connectivity index (χ1n) is 6.62. The highest BCUT2D eigenvalue weighted by atomic mass is 16.5. The summed E-state index contributed by atoms with van der Waals surface area (Å²) in [6, 6.07) is 15.1. The molecular formula is C17H21NO. The van der Waals surface area contributed by atoms with Crippen molar-refractivity contribution in [1.82, 2.24) is 0 Å². The summed E-state index contributed by atoms with van der Waals surface area (Å²) in [6.45, 7) is 3.48. The average Bonchev–Trinajstić information content (AvgIpc) is 2.46. The molecule has 0 atom stereocenters. The highest BCUT2D eigenvalue weighted by molar-refractivity contribution is 5.68. The number of hydrogen-bond acceptors (Lipinski definition) is 2. The summed E-state index contributed by atoms with van der Waals surface area (Å²) in [6.07, 6.45) is 0.957. The van der Waals surface area contributed by atoms with Crippen molar-refractivity contribution in [2.75, 3.05) is 13.7 Å². The van der Waals surface area contributed by atoms with Gasteiger partial charge in [-0.25, -0.2) is 0 Å². The Morgan fingerprint density at radius 2 is 1.68 bits per heavy atom. The fraction of sp³-hybridized carbons (Fsp3) is 0.294. The van der Waals surface area contributed by atoms with Gasteiger partial charge in [0.25, 0.3) is 0 Å². The largest absolute Gasteiger partial charge is 0.384 e. The van der Waals surface area contributed by atoms with Gasteiger partial charge in [0.05, 0.1) is 6.61 Å². The van der Waals surface area contributed by atoms with E-state index in [1.807, 2.05) is 0 Å². The molecule has 2 nitrogen and oxygen atoms in total. The summed E-state index contributed by atoms with van der Waals surface area (Å²) in [5.41, 5.74) is 12.0. The molecule has 2 N–H and O–H groups in total. The zero-order valence-electron chi connectivity index (χ0n) is 11.6. The Balaban J connectivity index is 2.26. The minimum atomic E-state index is 0.583. The van der Waals surface area contributed by atoms with Crippen LogP contribution in [0.1, 0.15) is 16.7 Å². The summed E-state index contributed by atoms with van der Waals surface area (Å²) in [5, 5.41) is 0. The minimum Gasteiger partial charge on any atom is -0.384 e. The van der Waals surface area contributed by atoms with Crippen LogP contribution in [0.15, 0.2) is 42.5 Å². The number of nitrogens with two attached hydrogens (primary N) is 1. The van der Waals surface area contributed by atoms with Crippen LogP contribution in [0.25, 0.3) is 11.1 Å². The smallest absolute Gasteiger partial charge is 0.0502 e. The molecule has 0 bridgehead atoms. The molecule has 0 aromatic heterocycles. The second-order valence-electron chi connectivity index (χ2n) is 4.79. The van der Waals surface area contributed by atoms with E-state index in [1.165, 1.54) is 27.8 Å². The summed E-state index contributed by atoms with van der Waals surface area (Å²) in [4.78, 5) is 0. The molecule has 0 spiro atoms. The van der Waals surface area contributed by atoms with Gasteiger partial charge in [-0.2, -0.15) is 0 Å². The summed E-state index contributed by atoms with van der Waals surface area (Å²) < 4.78 is 5.10. The summed E-state index contributed by atoms with van der Waals surface area (Å²) in [5.74, 6) is 0. The fourth-order valence-electron chi connectivity index (χ4n) is 2.18. The Morgan fingerprint density at radius 1 is 1.00 bits per heavy atom. The number of hydrogen-bond donors (Lipinski definition) is 1. The Hall–Kier alpha value is -1.64. The molecule has 0 aliphatic heterocycles. The van der Waals surface area contributed by atoms with E-state index in [4.69, 9.17) is 10.5 Å². The highest BCUT2D eigenvalue weighted by Gasteiger charge is 2.03. The molecule has 2 aromatic rings. The SMILES string of the molecule is COCCc1ccc(-c2cc(CN)ccc2C)cc1. The standard InChI is InChI=1S/C17H21NO/c1-13-3-4-15(12-18)11-17(13)16-7-5-14(6-8-16)9-10-19-2/h3-8,11H,9-10,12,18H2,1-2H3. The fourth-order valence-corrected chi connectivity index (χ4v) is 2.18. The lowest BCUT2D eigenvalue weighted by atomic mass is 9.97. The monoisotopic (exact) mass is 255 g/mol. The molecule has 0 saturated heterocycles. The number of aryl methyl sites for hydroxylation is 1. The van der Waals surface area contributed by atoms with Gasteiger partial charge in [0.2, 0.25) is 0 Å². The van der Waals surface area contributed by atoms with Crippen LogP contribution in [0.2, 0.25) is 0 Å². The molecule has 19 heavy (non-hydrogen) atoms. The number of rotatable bonds is 5. The van der Waals surface area contributed by atoms with Gasteiger partial charge >= 0.3 is 0 Å². The van der Waals surface area contributed by atoms with Gasteiger partial charge in [0.1, 0.15) is 0 Å². The zero-order chi connectivity index (χ0) is 13.7. The molecule has 100 valence electrons. The van der Waals surface area contributed by atoms with Crippen LogP contribution >= 0.6 is 0 Å². The average molecular weight is 255 g/mol. The molecule has 0 radical (unpaired) electrons. The second kappa shape index (κ2) is 6.50. The van der Waals surface area contributed by atoms with E-state index < -0.39 is 0 Å². The van der Waals surface area contributed by atoms with Gasteiger partial charge in [0, 0.05) is 13.7 Å². The molecule has 2 aromatic carbocycles. The van der Waals surface area contributed by atoms with Crippen molar-refractivity contribution in [2.45, 2.75) is 19.9 Å². The van der Waals surface area contributed by atoms with Gasteiger partial charge in [-0.1, -0.05) is 36.4 Å². The zero-order valence-corrected chi connectivity index (χ0v) is 11.6. The van der Waals surface area contributed by atoms with Crippen LogP contribution in [-0.2, 0) is 17.7 Å². The first-order valence-corrected chi connectivity index (χ1v) is 6.62. The van der Waals surface area contributed by atoms with E-state index in [0.29, 0.717) is 6.54 Å². The Bertz CT molecular complexity index is 531. The van der Waals surface area contributed by atoms with Crippen LogP contribution < -0.4 is 5.73 Å². The molecule has 2 heteroatoms. The topological polar surface area (TPSA) is 35.2 Å². The van der Waals surface area contributed by atoms with Gasteiger partial charge in [-0.15, -0.1) is 0 Å². The molecule has 0 aliphatic rings. The predicted molar refractivity (Wildman–Crippen MR) is 80.1 cm³/mol. The van der Waals surface area contributed by atoms with Crippen molar-refractivity contribution in [3.05, 3.63) is 59.2 Å². The third-order valence-electron chi connectivity index (χ3n) is 3.40. The van der Waals surface area contributed by atoms with Crippen LogP contribution in [0.3, 0.4) is 0 Å². The van der Waals surface area contributed by atoms with E-state index in [1.54, 1.807) is 7.11 Å². The Kier molecular flexibility index (Phi) is 4.72. The van der Waals surface area contributed by atoms with Crippen molar-refractivity contribution in [3.63, 3.8) is 0 Å². The quantitative estimate of drug-likeness (QED) is 0.889. The summed E-state index contributed by atoms with van der Waals surface area (Å²) in [7, 11) is 1.73. The predicted octanol–water partition coefficient (Wildman–Crippen LogP) is 3.31. The lowest BCUT2D eigenvalue weighted by Gasteiger charge is -2.09. The van der Waals surface area contributed by atoms with Crippen LogP contribution in [-0.4, -0.2) is 13.7 Å². The van der Waals surface area contributed by atoms with Crippen molar-refractivity contribution >= 4 is 0 Å². The normalized spacial score (nSPS) is 10.7. The summed E-state index contributed by atoms with van der Waals surface area (Å²) >= 11 is 0. The first-order chi connectivity index (χ1) is 9.24. The van der Waals surface area contributed by atoms with E-state index >= 15 is 0 Å². The molecule has 0 heterocycles. The maximum Gasteiger partial charge on any atom is 0.0502 e. The van der Waals surface area contributed by atoms with Crippen LogP contribution in [0.4, 0.5) is 0 Å². The first kappa shape index (κ1) is 13.8. The van der Waals surface area contributed by atoms with Gasteiger partial charge < -0.3 is 10.5 Å². The number of benzene rings is 2. The third kappa shape index (κ3) is 3.43. The van der Waals surface area contributed by atoms with E-state index in [9.17, 15) is 0 Å². The molecule has 2 rings (SSSR count). The molecule has 0 saturated carbocycles. The molecule has 0 fully saturated rings. The van der Waals surface area contributed by atoms with E-state index in [0.717, 1.165) is 13.0 Å². The molecule has 0 unspecified atom stereocenters. The highest BCUT2D eigenvalue weighted by Crippen LogP contribution is 2.25. The Morgan fingerprint density at radius 3 is 2.32 bits per heavy atom. The van der Waals surface area contributed by atoms with Gasteiger partial charge in [-0.05, 0) is 47.2 Å². The van der Waals surface area contributed by atoms with E-state index in [2.05, 4.69) is 49.4 Å². The number of ether oxygens (including phenoxy) is 1. The van der Waals surface area contributed by atoms with Crippen molar-refractivity contribution < 1.29 is 4.74 Å². The van der Waals surface area contributed by atoms with Gasteiger partial charge in [-0.3, -0.25) is 0 Å². The van der Waals surface area contributed by atoms with E-state index in [-0.39, 0.29) is 0 Å². The molecule has 0 amide bonds. The lowest BCUT2D eigenvalue weighted by molar-refractivity contribution is 0.202. The lowest BCUT2D eigenvalue weighted by Crippen LogP contribution is -1.97. The van der Waals surface area contributed by atoms with Crippen LogP contribution in [0, 0.1) is 6.92 Å². The maximum atomic E-state index is 5.71. The molecule has 0 aliphatic carbocycles. The van der Waals surface area contributed by atoms with Crippen molar-refractivity contribution in [2.24, 2.45) is 5.73 Å². The van der Waals surface area contributed by atoms with Gasteiger partial charge in [0.15, 0.2) is 0 Å². The Labute approximate surface area is 115 Å². The third-order valence-corrected chi connectivity index (χ3v) is 3.40. The minimum absolute atomic E-state index is 0.583. The van der Waals surface area contributed by atoms with Crippen LogP contribution in [0.5, 0.6) is 0 Å². The maximum absolute atomic E-state index is 5.71. The van der Waals surface area contributed by atoms with Crippen molar-refractivity contribution in [3.8, 4) is 11.1 Å². The van der Waals surface area contributed by atoms with Crippen molar-refractivity contribution in [1.29, 1.82) is 0 Å². The molecular weight excluding hydrogens is 234 g/mol.